The van der Waals surface area contributed by atoms with Gasteiger partial charge >= 0.3 is 0 Å². The maximum atomic E-state index is 12.3. The lowest BCUT2D eigenvalue weighted by molar-refractivity contribution is -0.127. The predicted molar refractivity (Wildman–Crippen MR) is 78.2 cm³/mol. The van der Waals surface area contributed by atoms with Gasteiger partial charge in [-0.05, 0) is 50.9 Å². The molecule has 1 amide bonds. The second kappa shape index (κ2) is 5.93. The first-order valence-corrected chi connectivity index (χ1v) is 7.15. The molecule has 0 aliphatic carbocycles. The van der Waals surface area contributed by atoms with Crippen LogP contribution in [0.5, 0.6) is 0 Å². The quantitative estimate of drug-likeness (QED) is 0.894. The molecule has 1 fully saturated rings. The molecule has 1 aromatic carbocycles. The first-order chi connectivity index (χ1) is 8.99. The molecule has 1 aliphatic heterocycles. The number of carbonyl (C=O) groups excluding carboxylic acids is 1. The number of hydrogen-bond donors (Lipinski definition) is 2. The van der Waals surface area contributed by atoms with E-state index in [1.54, 1.807) is 0 Å². The van der Waals surface area contributed by atoms with Gasteiger partial charge in [-0.25, -0.2) is 0 Å². The zero-order valence-electron chi connectivity index (χ0n) is 11.5. The molecule has 2 N–H and O–H groups in total. The molecule has 0 aromatic heterocycles. The summed E-state index contributed by atoms with van der Waals surface area (Å²) in [7, 11) is 0. The molecular formula is C15H21ClN2O. The summed E-state index contributed by atoms with van der Waals surface area (Å²) in [6.45, 7) is 5.80. The summed E-state index contributed by atoms with van der Waals surface area (Å²) in [4.78, 5) is 12.3. The van der Waals surface area contributed by atoms with E-state index >= 15 is 0 Å². The van der Waals surface area contributed by atoms with Crippen LogP contribution in [-0.2, 0) is 10.3 Å². The van der Waals surface area contributed by atoms with Gasteiger partial charge in [0.2, 0.25) is 5.91 Å². The van der Waals surface area contributed by atoms with Gasteiger partial charge in [0.25, 0.3) is 0 Å². The summed E-state index contributed by atoms with van der Waals surface area (Å²) < 4.78 is 0. The van der Waals surface area contributed by atoms with Crippen LogP contribution in [0, 0.1) is 5.92 Å². The minimum Gasteiger partial charge on any atom is -0.347 e. The third kappa shape index (κ3) is 3.71. The van der Waals surface area contributed by atoms with E-state index < -0.39 is 5.54 Å². The molecule has 1 aliphatic rings. The Balaban J connectivity index is 2.05. The number of nitrogens with one attached hydrogen (secondary N) is 2. The highest BCUT2D eigenvalue weighted by Crippen LogP contribution is 2.24. The lowest BCUT2D eigenvalue weighted by Crippen LogP contribution is -2.47. The van der Waals surface area contributed by atoms with Crippen LogP contribution < -0.4 is 10.6 Å². The van der Waals surface area contributed by atoms with Gasteiger partial charge in [-0.3, -0.25) is 4.79 Å². The van der Waals surface area contributed by atoms with E-state index in [1.807, 2.05) is 38.1 Å². The lowest BCUT2D eigenvalue weighted by atomic mass is 9.92. The van der Waals surface area contributed by atoms with Crippen molar-refractivity contribution < 1.29 is 4.79 Å². The van der Waals surface area contributed by atoms with Crippen molar-refractivity contribution in [1.82, 2.24) is 10.6 Å². The van der Waals surface area contributed by atoms with Gasteiger partial charge < -0.3 is 10.6 Å². The van der Waals surface area contributed by atoms with Crippen LogP contribution in [0.15, 0.2) is 24.3 Å². The smallest absolute Gasteiger partial charge is 0.225 e. The highest BCUT2D eigenvalue weighted by atomic mass is 35.5. The molecule has 104 valence electrons. The van der Waals surface area contributed by atoms with Crippen LogP contribution in [0.1, 0.15) is 32.3 Å². The van der Waals surface area contributed by atoms with Crippen molar-refractivity contribution in [3.63, 3.8) is 0 Å². The largest absolute Gasteiger partial charge is 0.347 e. The molecule has 19 heavy (non-hydrogen) atoms. The summed E-state index contributed by atoms with van der Waals surface area (Å²) in [5.74, 6) is 0.199. The SMILES string of the molecule is CC(C)(NC(=O)C1CCCNC1)c1cccc(Cl)c1. The van der Waals surface area contributed by atoms with Crippen molar-refractivity contribution in [2.24, 2.45) is 5.92 Å². The standard InChI is InChI=1S/C15H21ClN2O/c1-15(2,12-6-3-7-13(16)9-12)18-14(19)11-5-4-8-17-10-11/h3,6-7,9,11,17H,4-5,8,10H2,1-2H3,(H,18,19). The number of hydrogen-bond acceptors (Lipinski definition) is 2. The third-order valence-corrected chi connectivity index (χ3v) is 3.88. The van der Waals surface area contributed by atoms with E-state index in [2.05, 4.69) is 10.6 Å². The van der Waals surface area contributed by atoms with Gasteiger partial charge in [-0.15, -0.1) is 0 Å². The molecule has 3 nitrogen and oxygen atoms in total. The Morgan fingerprint density at radius 1 is 1.47 bits per heavy atom. The fourth-order valence-electron chi connectivity index (χ4n) is 2.44. The molecule has 0 spiro atoms. The van der Waals surface area contributed by atoms with Gasteiger partial charge in [0.15, 0.2) is 0 Å². The van der Waals surface area contributed by atoms with Crippen LogP contribution in [0.25, 0.3) is 0 Å². The van der Waals surface area contributed by atoms with Gasteiger partial charge in [-0.1, -0.05) is 23.7 Å². The van der Waals surface area contributed by atoms with E-state index in [4.69, 9.17) is 11.6 Å². The normalized spacial score (nSPS) is 20.1. The molecule has 1 atom stereocenters. The van der Waals surface area contributed by atoms with Gasteiger partial charge in [0.05, 0.1) is 11.5 Å². The topological polar surface area (TPSA) is 41.1 Å². The average Bonchev–Trinajstić information content (AvgIpc) is 2.39. The number of rotatable bonds is 3. The first-order valence-electron chi connectivity index (χ1n) is 6.78. The van der Waals surface area contributed by atoms with Gasteiger partial charge in [0, 0.05) is 11.6 Å². The summed E-state index contributed by atoms with van der Waals surface area (Å²) in [5.41, 5.74) is 0.622. The number of benzene rings is 1. The number of piperidine rings is 1. The van der Waals surface area contributed by atoms with Gasteiger partial charge in [-0.2, -0.15) is 0 Å². The molecule has 2 rings (SSSR count). The molecule has 0 radical (unpaired) electrons. The van der Waals surface area contributed by atoms with Crippen LogP contribution in [0.2, 0.25) is 5.02 Å². The fourth-order valence-corrected chi connectivity index (χ4v) is 2.63. The average molecular weight is 281 g/mol. The minimum atomic E-state index is -0.403. The summed E-state index contributed by atoms with van der Waals surface area (Å²) in [6.07, 6.45) is 2.03. The summed E-state index contributed by atoms with van der Waals surface area (Å²) in [6, 6.07) is 7.65. The van der Waals surface area contributed by atoms with Crippen LogP contribution in [-0.4, -0.2) is 19.0 Å². The fraction of sp³-hybridized carbons (Fsp3) is 0.533. The van der Waals surface area contributed by atoms with E-state index in [9.17, 15) is 4.79 Å². The van der Waals surface area contributed by atoms with Crippen molar-refractivity contribution in [3.8, 4) is 0 Å². The first kappa shape index (κ1) is 14.4. The molecule has 4 heteroatoms. The summed E-state index contributed by atoms with van der Waals surface area (Å²) in [5, 5.41) is 7.09. The van der Waals surface area contributed by atoms with Crippen molar-refractivity contribution in [1.29, 1.82) is 0 Å². The van der Waals surface area contributed by atoms with Crippen molar-refractivity contribution >= 4 is 17.5 Å². The molecule has 1 aromatic rings. The van der Waals surface area contributed by atoms with Crippen LogP contribution >= 0.6 is 11.6 Å². The number of amides is 1. The van der Waals surface area contributed by atoms with E-state index in [0.717, 1.165) is 31.5 Å². The molecule has 1 unspecified atom stereocenters. The number of halogens is 1. The van der Waals surface area contributed by atoms with E-state index in [1.165, 1.54) is 0 Å². The lowest BCUT2D eigenvalue weighted by Gasteiger charge is -2.31. The Kier molecular flexibility index (Phi) is 4.48. The summed E-state index contributed by atoms with van der Waals surface area (Å²) >= 11 is 6.01. The second-order valence-electron chi connectivity index (χ2n) is 5.67. The Morgan fingerprint density at radius 3 is 2.89 bits per heavy atom. The third-order valence-electron chi connectivity index (χ3n) is 3.65. The predicted octanol–water partition coefficient (Wildman–Crippen LogP) is 2.69. The molecule has 1 heterocycles. The van der Waals surface area contributed by atoms with E-state index in [-0.39, 0.29) is 11.8 Å². The maximum Gasteiger partial charge on any atom is 0.225 e. The Morgan fingerprint density at radius 2 is 2.26 bits per heavy atom. The van der Waals surface area contributed by atoms with Crippen LogP contribution in [0.4, 0.5) is 0 Å². The van der Waals surface area contributed by atoms with E-state index in [0.29, 0.717) is 5.02 Å². The van der Waals surface area contributed by atoms with Crippen molar-refractivity contribution in [2.45, 2.75) is 32.2 Å². The van der Waals surface area contributed by atoms with Gasteiger partial charge in [0.1, 0.15) is 0 Å². The Labute approximate surface area is 119 Å². The molecule has 0 bridgehead atoms. The second-order valence-corrected chi connectivity index (χ2v) is 6.10. The monoisotopic (exact) mass is 280 g/mol. The minimum absolute atomic E-state index is 0.0761. The van der Waals surface area contributed by atoms with Crippen molar-refractivity contribution in [3.05, 3.63) is 34.9 Å². The Bertz CT molecular complexity index is 453. The molecule has 1 saturated heterocycles. The Hall–Kier alpha value is -1.06. The molecular weight excluding hydrogens is 260 g/mol. The van der Waals surface area contributed by atoms with Crippen molar-refractivity contribution in [2.75, 3.05) is 13.1 Å². The highest BCUT2D eigenvalue weighted by Gasteiger charge is 2.28. The number of carbonyl (C=O) groups is 1. The highest BCUT2D eigenvalue weighted by molar-refractivity contribution is 6.30. The van der Waals surface area contributed by atoms with Crippen LogP contribution in [0.3, 0.4) is 0 Å². The zero-order chi connectivity index (χ0) is 13.9. The molecule has 0 saturated carbocycles. The maximum absolute atomic E-state index is 12.3. The zero-order valence-corrected chi connectivity index (χ0v) is 12.3.